The van der Waals surface area contributed by atoms with E-state index in [1.54, 1.807) is 0 Å². The number of carbonyl (C=O) groups is 1. The van der Waals surface area contributed by atoms with Crippen LogP contribution in [0, 0.1) is 5.92 Å². The van der Waals surface area contributed by atoms with Gasteiger partial charge in [0.05, 0.1) is 0 Å². The largest absolute Gasteiger partial charge is 0.396 e. The lowest BCUT2D eigenvalue weighted by molar-refractivity contribution is -0.139. The molecule has 2 aliphatic rings. The molecule has 0 bridgehead atoms. The molecule has 1 N–H and O–H groups in total. The Labute approximate surface area is 120 Å². The molecule has 0 spiro atoms. The molecule has 0 radical (unpaired) electrons. The van der Waals surface area contributed by atoms with Gasteiger partial charge in [0.2, 0.25) is 5.91 Å². The lowest BCUT2D eigenvalue weighted by Gasteiger charge is -2.39. The Bertz CT molecular complexity index is 457. The minimum Gasteiger partial charge on any atom is -0.396 e. The maximum atomic E-state index is 12.8. The van der Waals surface area contributed by atoms with Gasteiger partial charge in [-0.25, -0.2) is 0 Å². The summed E-state index contributed by atoms with van der Waals surface area (Å²) in [5, 5.41) is 9.04. The summed E-state index contributed by atoms with van der Waals surface area (Å²) < 4.78 is 0. The van der Waals surface area contributed by atoms with Crippen LogP contribution < -0.4 is 0 Å². The van der Waals surface area contributed by atoms with Crippen molar-refractivity contribution in [2.24, 2.45) is 5.92 Å². The summed E-state index contributed by atoms with van der Waals surface area (Å²) in [6, 6.07) is 8.83. The summed E-state index contributed by atoms with van der Waals surface area (Å²) in [6.07, 6.45) is 5.97. The zero-order valence-electron chi connectivity index (χ0n) is 11.9. The Balaban J connectivity index is 1.68. The Kier molecular flexibility index (Phi) is 4.06. The Morgan fingerprint density at radius 2 is 1.85 bits per heavy atom. The van der Waals surface area contributed by atoms with Crippen LogP contribution in [0.5, 0.6) is 0 Å². The third-order valence-electron chi connectivity index (χ3n) is 4.76. The number of hydrogen-bond acceptors (Lipinski definition) is 2. The van der Waals surface area contributed by atoms with Crippen LogP contribution in [0.15, 0.2) is 24.3 Å². The van der Waals surface area contributed by atoms with E-state index in [2.05, 4.69) is 29.2 Å². The van der Waals surface area contributed by atoms with Gasteiger partial charge in [-0.1, -0.05) is 24.3 Å². The molecule has 3 nitrogen and oxygen atoms in total. The average molecular weight is 273 g/mol. The molecule has 3 heteroatoms. The van der Waals surface area contributed by atoms with Gasteiger partial charge in [0.1, 0.15) is 0 Å². The van der Waals surface area contributed by atoms with Crippen molar-refractivity contribution in [3.63, 3.8) is 0 Å². The molecule has 1 amide bonds. The zero-order valence-corrected chi connectivity index (χ0v) is 11.9. The monoisotopic (exact) mass is 273 g/mol. The summed E-state index contributed by atoms with van der Waals surface area (Å²) in [5.74, 6) is 0.422. The molecule has 20 heavy (non-hydrogen) atoms. The lowest BCUT2D eigenvalue weighted by Crippen LogP contribution is -2.47. The SMILES string of the molecule is O=C(C1Cc2ccccc2C1)N(CCCO)C1CCC1. The summed E-state index contributed by atoms with van der Waals surface area (Å²) in [6.45, 7) is 0.883. The van der Waals surface area contributed by atoms with Crippen LogP contribution in [0.25, 0.3) is 0 Å². The predicted molar refractivity (Wildman–Crippen MR) is 78.4 cm³/mol. The van der Waals surface area contributed by atoms with E-state index in [1.165, 1.54) is 17.5 Å². The minimum atomic E-state index is 0.117. The smallest absolute Gasteiger partial charge is 0.226 e. The molecule has 0 heterocycles. The van der Waals surface area contributed by atoms with Gasteiger partial charge >= 0.3 is 0 Å². The summed E-state index contributed by atoms with van der Waals surface area (Å²) >= 11 is 0. The van der Waals surface area contributed by atoms with Crippen LogP contribution >= 0.6 is 0 Å². The number of rotatable bonds is 5. The number of fused-ring (bicyclic) bond motifs is 1. The molecule has 0 saturated heterocycles. The third-order valence-corrected chi connectivity index (χ3v) is 4.76. The first-order chi connectivity index (χ1) is 9.79. The van der Waals surface area contributed by atoms with Gasteiger partial charge in [-0.3, -0.25) is 4.79 Å². The van der Waals surface area contributed by atoms with Crippen molar-refractivity contribution in [1.29, 1.82) is 0 Å². The summed E-state index contributed by atoms with van der Waals surface area (Å²) in [4.78, 5) is 14.9. The van der Waals surface area contributed by atoms with Gasteiger partial charge in [0, 0.05) is 25.1 Å². The first kappa shape index (κ1) is 13.6. The summed E-state index contributed by atoms with van der Waals surface area (Å²) in [7, 11) is 0. The molecule has 2 aliphatic carbocycles. The van der Waals surface area contributed by atoms with Crippen LogP contribution in [0.3, 0.4) is 0 Å². The quantitative estimate of drug-likeness (QED) is 0.893. The van der Waals surface area contributed by atoms with Crippen molar-refractivity contribution in [2.75, 3.05) is 13.2 Å². The summed E-state index contributed by atoms with van der Waals surface area (Å²) in [5.41, 5.74) is 2.67. The molecule has 3 rings (SSSR count). The number of aliphatic hydroxyl groups excluding tert-OH is 1. The standard InChI is InChI=1S/C17H23NO2/c19-10-4-9-18(16-7-3-8-16)17(20)15-11-13-5-1-2-6-14(13)12-15/h1-2,5-6,15-16,19H,3-4,7-12H2. The third kappa shape index (κ3) is 2.59. The second-order valence-electron chi connectivity index (χ2n) is 6.07. The minimum absolute atomic E-state index is 0.117. The van der Waals surface area contributed by atoms with Crippen LogP contribution in [-0.4, -0.2) is 35.1 Å². The van der Waals surface area contributed by atoms with Crippen molar-refractivity contribution >= 4 is 5.91 Å². The molecule has 1 aromatic carbocycles. The molecule has 1 saturated carbocycles. The molecule has 0 atom stereocenters. The topological polar surface area (TPSA) is 40.5 Å². The Morgan fingerprint density at radius 1 is 1.20 bits per heavy atom. The van der Waals surface area contributed by atoms with Crippen molar-refractivity contribution in [1.82, 2.24) is 4.90 Å². The van der Waals surface area contributed by atoms with Crippen LogP contribution in [-0.2, 0) is 17.6 Å². The highest BCUT2D eigenvalue weighted by atomic mass is 16.3. The number of nitrogens with zero attached hydrogens (tertiary/aromatic N) is 1. The first-order valence-electron chi connectivity index (χ1n) is 7.77. The highest BCUT2D eigenvalue weighted by molar-refractivity contribution is 5.81. The first-order valence-corrected chi connectivity index (χ1v) is 7.77. The normalized spacial score (nSPS) is 18.6. The van der Waals surface area contributed by atoms with E-state index >= 15 is 0 Å². The molecular formula is C17H23NO2. The van der Waals surface area contributed by atoms with E-state index in [1.807, 2.05) is 0 Å². The molecule has 0 unspecified atom stereocenters. The van der Waals surface area contributed by atoms with Gasteiger partial charge in [-0.05, 0) is 49.7 Å². The molecule has 1 fully saturated rings. The molecule has 1 aromatic rings. The van der Waals surface area contributed by atoms with Crippen molar-refractivity contribution in [2.45, 2.75) is 44.6 Å². The van der Waals surface area contributed by atoms with Gasteiger partial charge < -0.3 is 10.0 Å². The number of amides is 1. The zero-order chi connectivity index (χ0) is 13.9. The van der Waals surface area contributed by atoms with Crippen LogP contribution in [0.1, 0.15) is 36.8 Å². The second-order valence-corrected chi connectivity index (χ2v) is 6.07. The fourth-order valence-corrected chi connectivity index (χ4v) is 3.38. The average Bonchev–Trinajstić information content (AvgIpc) is 2.84. The van der Waals surface area contributed by atoms with Crippen LogP contribution in [0.4, 0.5) is 0 Å². The molecular weight excluding hydrogens is 250 g/mol. The number of benzene rings is 1. The van der Waals surface area contributed by atoms with Crippen LogP contribution in [0.2, 0.25) is 0 Å². The fraction of sp³-hybridized carbons (Fsp3) is 0.588. The van der Waals surface area contributed by atoms with Crippen molar-refractivity contribution in [3.8, 4) is 0 Å². The maximum Gasteiger partial charge on any atom is 0.226 e. The maximum absolute atomic E-state index is 12.8. The lowest BCUT2D eigenvalue weighted by atomic mass is 9.90. The predicted octanol–water partition coefficient (Wildman–Crippen LogP) is 2.16. The van der Waals surface area contributed by atoms with E-state index in [-0.39, 0.29) is 12.5 Å². The van der Waals surface area contributed by atoms with Gasteiger partial charge in [0.15, 0.2) is 0 Å². The highest BCUT2D eigenvalue weighted by Gasteiger charge is 2.35. The molecule has 108 valence electrons. The Morgan fingerprint density at radius 3 is 2.35 bits per heavy atom. The number of carbonyl (C=O) groups excluding carboxylic acids is 1. The van der Waals surface area contributed by atoms with Crippen molar-refractivity contribution in [3.05, 3.63) is 35.4 Å². The van der Waals surface area contributed by atoms with Gasteiger partial charge in [0.25, 0.3) is 0 Å². The second kappa shape index (κ2) is 5.96. The van der Waals surface area contributed by atoms with Gasteiger partial charge in [-0.15, -0.1) is 0 Å². The Hall–Kier alpha value is -1.35. The van der Waals surface area contributed by atoms with Crippen molar-refractivity contribution < 1.29 is 9.90 Å². The number of hydrogen-bond donors (Lipinski definition) is 1. The van der Waals surface area contributed by atoms with Gasteiger partial charge in [-0.2, -0.15) is 0 Å². The van der Waals surface area contributed by atoms with E-state index in [0.717, 1.165) is 25.7 Å². The van der Waals surface area contributed by atoms with E-state index in [9.17, 15) is 4.79 Å². The fourth-order valence-electron chi connectivity index (χ4n) is 3.38. The number of aliphatic hydroxyl groups is 1. The molecule has 0 aliphatic heterocycles. The van der Waals surface area contributed by atoms with E-state index in [0.29, 0.717) is 24.9 Å². The van der Waals surface area contributed by atoms with E-state index in [4.69, 9.17) is 5.11 Å². The highest BCUT2D eigenvalue weighted by Crippen LogP contribution is 2.31. The molecule has 0 aromatic heterocycles. The van der Waals surface area contributed by atoms with E-state index < -0.39 is 0 Å².